The van der Waals surface area contributed by atoms with Crippen LogP contribution in [-0.4, -0.2) is 31.1 Å². The second-order valence-corrected chi connectivity index (χ2v) is 5.12. The number of hydrogen-bond acceptors (Lipinski definition) is 5. The van der Waals surface area contributed by atoms with E-state index in [2.05, 4.69) is 26.7 Å². The molecule has 0 amide bonds. The molecule has 1 aliphatic rings. The van der Waals surface area contributed by atoms with Crippen LogP contribution in [0.25, 0.3) is 0 Å². The third-order valence-corrected chi connectivity index (χ3v) is 3.64. The number of para-hydroxylation sites is 1. The van der Waals surface area contributed by atoms with Crippen molar-refractivity contribution < 1.29 is 4.74 Å². The van der Waals surface area contributed by atoms with Crippen molar-refractivity contribution in [2.24, 2.45) is 4.99 Å². The SMILES string of the molecule is COc1ccccc1C(Cc1ccccn1)NC1=NCCN1. The Morgan fingerprint density at radius 2 is 2.09 bits per heavy atom. The predicted molar refractivity (Wildman–Crippen MR) is 87.1 cm³/mol. The Hall–Kier alpha value is -2.56. The molecule has 1 aromatic carbocycles. The van der Waals surface area contributed by atoms with E-state index < -0.39 is 0 Å². The van der Waals surface area contributed by atoms with Gasteiger partial charge in [-0.15, -0.1) is 0 Å². The molecule has 0 radical (unpaired) electrons. The van der Waals surface area contributed by atoms with Crippen molar-refractivity contribution in [3.63, 3.8) is 0 Å². The lowest BCUT2D eigenvalue weighted by Gasteiger charge is -2.22. The molecule has 1 unspecified atom stereocenters. The van der Waals surface area contributed by atoms with Gasteiger partial charge in [0.25, 0.3) is 0 Å². The summed E-state index contributed by atoms with van der Waals surface area (Å²) in [6.07, 6.45) is 2.59. The van der Waals surface area contributed by atoms with Gasteiger partial charge in [-0.2, -0.15) is 0 Å². The molecule has 1 atom stereocenters. The minimum atomic E-state index is 0.0513. The van der Waals surface area contributed by atoms with Gasteiger partial charge in [-0.25, -0.2) is 0 Å². The summed E-state index contributed by atoms with van der Waals surface area (Å²) in [6, 6.07) is 14.1. The number of hydrogen-bond donors (Lipinski definition) is 2. The highest BCUT2D eigenvalue weighted by Gasteiger charge is 2.19. The Morgan fingerprint density at radius 1 is 1.23 bits per heavy atom. The Kier molecular flexibility index (Phi) is 4.53. The van der Waals surface area contributed by atoms with E-state index >= 15 is 0 Å². The number of aliphatic imine (C=N–C) groups is 1. The third kappa shape index (κ3) is 3.36. The minimum absolute atomic E-state index is 0.0513. The smallest absolute Gasteiger partial charge is 0.191 e. The topological polar surface area (TPSA) is 58.5 Å². The zero-order chi connectivity index (χ0) is 15.2. The molecule has 0 saturated carbocycles. The van der Waals surface area contributed by atoms with Crippen molar-refractivity contribution in [3.8, 4) is 5.75 Å². The molecule has 0 spiro atoms. The molecule has 2 N–H and O–H groups in total. The number of methoxy groups -OCH3 is 1. The molecule has 0 bridgehead atoms. The molecule has 5 heteroatoms. The van der Waals surface area contributed by atoms with E-state index in [4.69, 9.17) is 4.74 Å². The van der Waals surface area contributed by atoms with E-state index in [9.17, 15) is 0 Å². The van der Waals surface area contributed by atoms with Crippen LogP contribution in [0.2, 0.25) is 0 Å². The monoisotopic (exact) mass is 296 g/mol. The fourth-order valence-electron chi connectivity index (χ4n) is 2.58. The number of aromatic nitrogens is 1. The normalized spacial score (nSPS) is 14.9. The molecule has 22 heavy (non-hydrogen) atoms. The van der Waals surface area contributed by atoms with Crippen LogP contribution in [0.4, 0.5) is 0 Å². The average Bonchev–Trinajstić information content (AvgIpc) is 3.08. The Balaban J connectivity index is 1.87. The van der Waals surface area contributed by atoms with Gasteiger partial charge >= 0.3 is 0 Å². The molecule has 2 aromatic rings. The first-order valence-electron chi connectivity index (χ1n) is 7.44. The average molecular weight is 296 g/mol. The Labute approximate surface area is 130 Å². The zero-order valence-corrected chi connectivity index (χ0v) is 12.6. The first kappa shape index (κ1) is 14.4. The highest BCUT2D eigenvalue weighted by molar-refractivity contribution is 5.81. The fraction of sp³-hybridized carbons (Fsp3) is 0.294. The molecular formula is C17H20N4O. The van der Waals surface area contributed by atoms with Crippen LogP contribution in [-0.2, 0) is 6.42 Å². The summed E-state index contributed by atoms with van der Waals surface area (Å²) in [7, 11) is 1.70. The Morgan fingerprint density at radius 3 is 2.82 bits per heavy atom. The maximum Gasteiger partial charge on any atom is 0.191 e. The highest BCUT2D eigenvalue weighted by Crippen LogP contribution is 2.27. The number of nitrogens with one attached hydrogen (secondary N) is 2. The lowest BCUT2D eigenvalue weighted by molar-refractivity contribution is 0.403. The van der Waals surface area contributed by atoms with E-state index in [1.807, 2.05) is 42.6 Å². The van der Waals surface area contributed by atoms with Gasteiger partial charge in [-0.05, 0) is 18.2 Å². The molecule has 0 fully saturated rings. The van der Waals surface area contributed by atoms with Crippen LogP contribution in [0.5, 0.6) is 5.75 Å². The summed E-state index contributed by atoms with van der Waals surface area (Å²) in [6.45, 7) is 1.69. The van der Waals surface area contributed by atoms with Gasteiger partial charge in [0, 0.05) is 30.4 Å². The summed E-state index contributed by atoms with van der Waals surface area (Å²) in [5, 5.41) is 6.73. The molecule has 5 nitrogen and oxygen atoms in total. The van der Waals surface area contributed by atoms with Crippen molar-refractivity contribution in [2.75, 3.05) is 20.2 Å². The van der Waals surface area contributed by atoms with E-state index in [0.717, 1.165) is 42.5 Å². The lowest BCUT2D eigenvalue weighted by Crippen LogP contribution is -2.37. The van der Waals surface area contributed by atoms with E-state index in [1.165, 1.54) is 0 Å². The largest absolute Gasteiger partial charge is 0.496 e. The third-order valence-electron chi connectivity index (χ3n) is 3.64. The molecule has 0 saturated heterocycles. The van der Waals surface area contributed by atoms with Gasteiger partial charge in [-0.1, -0.05) is 24.3 Å². The fourth-order valence-corrected chi connectivity index (χ4v) is 2.58. The van der Waals surface area contributed by atoms with Crippen molar-refractivity contribution in [1.82, 2.24) is 15.6 Å². The quantitative estimate of drug-likeness (QED) is 0.885. The number of rotatable bonds is 5. The summed E-state index contributed by atoms with van der Waals surface area (Å²) >= 11 is 0. The first-order valence-corrected chi connectivity index (χ1v) is 7.44. The van der Waals surface area contributed by atoms with Gasteiger partial charge in [0.1, 0.15) is 5.75 Å². The summed E-state index contributed by atoms with van der Waals surface area (Å²) in [5.41, 5.74) is 2.14. The second kappa shape index (κ2) is 6.93. The molecule has 1 aromatic heterocycles. The van der Waals surface area contributed by atoms with Crippen LogP contribution in [0.15, 0.2) is 53.7 Å². The lowest BCUT2D eigenvalue weighted by atomic mass is 10.0. The number of ether oxygens (including phenoxy) is 1. The van der Waals surface area contributed by atoms with Crippen molar-refractivity contribution in [3.05, 3.63) is 59.9 Å². The van der Waals surface area contributed by atoms with Gasteiger partial charge < -0.3 is 15.4 Å². The van der Waals surface area contributed by atoms with Crippen LogP contribution in [0.1, 0.15) is 17.3 Å². The number of guanidine groups is 1. The van der Waals surface area contributed by atoms with E-state index in [-0.39, 0.29) is 6.04 Å². The zero-order valence-electron chi connectivity index (χ0n) is 12.6. The van der Waals surface area contributed by atoms with Crippen molar-refractivity contribution in [2.45, 2.75) is 12.5 Å². The highest BCUT2D eigenvalue weighted by atomic mass is 16.5. The summed E-state index contributed by atoms with van der Waals surface area (Å²) in [5.74, 6) is 1.71. The van der Waals surface area contributed by atoms with Gasteiger partial charge in [0.05, 0.1) is 19.7 Å². The number of benzene rings is 1. The first-order chi connectivity index (χ1) is 10.9. The molecule has 0 aliphatic carbocycles. The van der Waals surface area contributed by atoms with Crippen LogP contribution in [0, 0.1) is 0 Å². The number of nitrogens with zero attached hydrogens (tertiary/aromatic N) is 2. The Bertz CT molecular complexity index is 642. The van der Waals surface area contributed by atoms with Gasteiger partial charge in [-0.3, -0.25) is 9.98 Å². The molecule has 2 heterocycles. The second-order valence-electron chi connectivity index (χ2n) is 5.12. The van der Waals surface area contributed by atoms with Gasteiger partial charge in [0.15, 0.2) is 5.96 Å². The standard InChI is InChI=1S/C17H20N4O/c1-22-16-8-3-2-7-14(16)15(21-17-19-10-11-20-17)12-13-6-4-5-9-18-13/h2-9,15H,10-12H2,1H3,(H2,19,20,21). The van der Waals surface area contributed by atoms with Crippen molar-refractivity contribution >= 4 is 5.96 Å². The molecular weight excluding hydrogens is 276 g/mol. The summed E-state index contributed by atoms with van der Waals surface area (Å²) < 4.78 is 5.51. The predicted octanol–water partition coefficient (Wildman–Crippen LogP) is 1.92. The molecule has 1 aliphatic heterocycles. The number of pyridine rings is 1. The van der Waals surface area contributed by atoms with Gasteiger partial charge in [0.2, 0.25) is 0 Å². The van der Waals surface area contributed by atoms with Crippen molar-refractivity contribution in [1.29, 1.82) is 0 Å². The van der Waals surface area contributed by atoms with Crippen LogP contribution in [0.3, 0.4) is 0 Å². The van der Waals surface area contributed by atoms with E-state index in [1.54, 1.807) is 7.11 Å². The van der Waals surface area contributed by atoms with E-state index in [0.29, 0.717) is 0 Å². The molecule has 3 rings (SSSR count). The maximum atomic E-state index is 5.51. The minimum Gasteiger partial charge on any atom is -0.496 e. The van der Waals surface area contributed by atoms with Crippen LogP contribution >= 0.6 is 0 Å². The summed E-state index contributed by atoms with van der Waals surface area (Å²) in [4.78, 5) is 8.86. The molecule has 114 valence electrons. The maximum absolute atomic E-state index is 5.51. The van der Waals surface area contributed by atoms with Crippen LogP contribution < -0.4 is 15.4 Å².